The van der Waals surface area contributed by atoms with Gasteiger partial charge in [0.1, 0.15) is 11.6 Å². The Balaban J connectivity index is 2.21. The Kier molecular flexibility index (Phi) is 3.28. The van der Waals surface area contributed by atoms with E-state index in [1.54, 1.807) is 12.1 Å². The molecule has 1 saturated heterocycles. The van der Waals surface area contributed by atoms with Crippen molar-refractivity contribution < 1.29 is 4.39 Å². The van der Waals surface area contributed by atoms with Crippen LogP contribution in [0.25, 0.3) is 11.0 Å². The second-order valence-corrected chi connectivity index (χ2v) is 6.37. The molecule has 0 aliphatic carbocycles. The van der Waals surface area contributed by atoms with Crippen molar-refractivity contribution in [3.8, 4) is 0 Å². The first-order valence-corrected chi connectivity index (χ1v) is 7.40. The summed E-state index contributed by atoms with van der Waals surface area (Å²) in [5.74, 6) is 0.887. The first-order valence-electron chi connectivity index (χ1n) is 7.40. The highest BCUT2D eigenvalue weighted by atomic mass is 19.1. The lowest BCUT2D eigenvalue weighted by Gasteiger charge is -2.34. The molecule has 1 N–H and O–H groups in total. The summed E-state index contributed by atoms with van der Waals surface area (Å²) in [6, 6.07) is 5.15. The van der Waals surface area contributed by atoms with Gasteiger partial charge in [0.05, 0.1) is 11.0 Å². The topological polar surface area (TPSA) is 29.9 Å². The van der Waals surface area contributed by atoms with Crippen LogP contribution >= 0.6 is 0 Å². The molecule has 0 amide bonds. The Morgan fingerprint density at radius 3 is 2.85 bits per heavy atom. The van der Waals surface area contributed by atoms with Crippen LogP contribution < -0.4 is 5.32 Å². The largest absolute Gasteiger partial charge is 0.325 e. The van der Waals surface area contributed by atoms with Gasteiger partial charge in [0, 0.05) is 18.0 Å². The maximum atomic E-state index is 13.6. The number of piperidine rings is 1. The molecule has 1 atom stereocenters. The molecule has 1 aliphatic rings. The third-order valence-corrected chi connectivity index (χ3v) is 4.31. The number of fused-ring (bicyclic) bond motifs is 1. The highest BCUT2D eigenvalue weighted by Gasteiger charge is 2.34. The van der Waals surface area contributed by atoms with E-state index in [2.05, 4.69) is 30.7 Å². The maximum absolute atomic E-state index is 13.6. The van der Waals surface area contributed by atoms with Crippen molar-refractivity contribution in [2.45, 2.75) is 45.1 Å². The molecule has 108 valence electrons. The molecule has 3 nitrogen and oxygen atoms in total. The van der Waals surface area contributed by atoms with Gasteiger partial charge in [-0.05, 0) is 51.4 Å². The second-order valence-electron chi connectivity index (χ2n) is 6.37. The summed E-state index contributed by atoms with van der Waals surface area (Å²) >= 11 is 0. The summed E-state index contributed by atoms with van der Waals surface area (Å²) in [7, 11) is 0. The smallest absolute Gasteiger partial charge is 0.125 e. The van der Waals surface area contributed by atoms with Gasteiger partial charge in [0.2, 0.25) is 0 Å². The summed E-state index contributed by atoms with van der Waals surface area (Å²) < 4.78 is 15.8. The van der Waals surface area contributed by atoms with Gasteiger partial charge in [-0.15, -0.1) is 0 Å². The fraction of sp³-hybridized carbons (Fsp3) is 0.562. The van der Waals surface area contributed by atoms with Crippen LogP contribution in [0.1, 0.15) is 45.5 Å². The second kappa shape index (κ2) is 4.85. The van der Waals surface area contributed by atoms with Crippen LogP contribution in [0, 0.1) is 5.82 Å². The number of aromatic nitrogens is 2. The molecule has 3 rings (SSSR count). The number of halogens is 1. The summed E-state index contributed by atoms with van der Waals surface area (Å²) in [6.07, 6.45) is 2.28. The zero-order chi connectivity index (χ0) is 14.3. The van der Waals surface area contributed by atoms with E-state index in [4.69, 9.17) is 4.98 Å². The zero-order valence-electron chi connectivity index (χ0n) is 12.4. The Bertz CT molecular complexity index is 624. The highest BCUT2D eigenvalue weighted by Crippen LogP contribution is 2.34. The van der Waals surface area contributed by atoms with Crippen molar-refractivity contribution in [3.05, 3.63) is 29.8 Å². The van der Waals surface area contributed by atoms with E-state index in [0.717, 1.165) is 42.8 Å². The van der Waals surface area contributed by atoms with Crippen molar-refractivity contribution in [1.82, 2.24) is 14.9 Å². The highest BCUT2D eigenvalue weighted by molar-refractivity contribution is 5.76. The summed E-state index contributed by atoms with van der Waals surface area (Å²) in [5, 5.41) is 3.47. The van der Waals surface area contributed by atoms with Crippen LogP contribution in [-0.4, -0.2) is 22.6 Å². The molecule has 0 radical (unpaired) electrons. The Morgan fingerprint density at radius 1 is 1.40 bits per heavy atom. The van der Waals surface area contributed by atoms with Crippen LogP contribution in [0.5, 0.6) is 0 Å². The molecular formula is C16H22FN3. The molecule has 1 aromatic carbocycles. The summed E-state index contributed by atoms with van der Waals surface area (Å²) in [6.45, 7) is 8.54. The molecule has 0 saturated carbocycles. The number of imidazole rings is 1. The number of nitrogens with zero attached hydrogens (tertiary/aromatic N) is 2. The normalized spacial score (nSPS) is 23.6. The fourth-order valence-electron chi connectivity index (χ4n) is 3.26. The average molecular weight is 275 g/mol. The van der Waals surface area contributed by atoms with E-state index in [1.807, 2.05) is 0 Å². The standard InChI is InChI=1S/C16H22FN3/c1-11(2)20-14-9-12(17)5-6-13(14)19-15(20)16(3)7-4-8-18-10-16/h5-6,9,11,18H,4,7-8,10H2,1-3H3. The minimum absolute atomic E-state index is 0.0258. The lowest BCUT2D eigenvalue weighted by atomic mass is 9.81. The predicted molar refractivity (Wildman–Crippen MR) is 79.5 cm³/mol. The first kappa shape index (κ1) is 13.6. The summed E-state index contributed by atoms with van der Waals surface area (Å²) in [4.78, 5) is 4.83. The molecule has 4 heteroatoms. The summed E-state index contributed by atoms with van der Waals surface area (Å²) in [5.41, 5.74) is 1.82. The van der Waals surface area contributed by atoms with E-state index < -0.39 is 0 Å². The van der Waals surface area contributed by atoms with E-state index in [9.17, 15) is 4.39 Å². The van der Waals surface area contributed by atoms with Crippen molar-refractivity contribution in [2.75, 3.05) is 13.1 Å². The number of hydrogen-bond donors (Lipinski definition) is 1. The first-order chi connectivity index (χ1) is 9.51. The van der Waals surface area contributed by atoms with E-state index in [0.29, 0.717) is 0 Å². The monoisotopic (exact) mass is 275 g/mol. The third kappa shape index (κ3) is 2.12. The van der Waals surface area contributed by atoms with Gasteiger partial charge in [0.15, 0.2) is 0 Å². The van der Waals surface area contributed by atoms with E-state index in [1.165, 1.54) is 6.07 Å². The van der Waals surface area contributed by atoms with Gasteiger partial charge in [-0.3, -0.25) is 0 Å². The minimum Gasteiger partial charge on any atom is -0.325 e. The molecule has 20 heavy (non-hydrogen) atoms. The van der Waals surface area contributed by atoms with Crippen molar-refractivity contribution in [3.63, 3.8) is 0 Å². The molecule has 0 spiro atoms. The minimum atomic E-state index is -0.197. The third-order valence-electron chi connectivity index (χ3n) is 4.31. The van der Waals surface area contributed by atoms with Crippen molar-refractivity contribution in [2.24, 2.45) is 0 Å². The molecular weight excluding hydrogens is 253 g/mol. The van der Waals surface area contributed by atoms with Gasteiger partial charge in [0.25, 0.3) is 0 Å². The van der Waals surface area contributed by atoms with E-state index in [-0.39, 0.29) is 17.3 Å². The van der Waals surface area contributed by atoms with Crippen LogP contribution in [0.15, 0.2) is 18.2 Å². The molecule has 1 aromatic heterocycles. The Hall–Kier alpha value is -1.42. The lowest BCUT2D eigenvalue weighted by Crippen LogP contribution is -2.43. The quantitative estimate of drug-likeness (QED) is 0.910. The molecule has 2 aromatic rings. The molecule has 2 heterocycles. The molecule has 1 aliphatic heterocycles. The fourth-order valence-corrected chi connectivity index (χ4v) is 3.26. The molecule has 1 unspecified atom stereocenters. The van der Waals surface area contributed by atoms with Crippen LogP contribution in [-0.2, 0) is 5.41 Å². The van der Waals surface area contributed by atoms with Crippen LogP contribution in [0.3, 0.4) is 0 Å². The van der Waals surface area contributed by atoms with E-state index >= 15 is 0 Å². The van der Waals surface area contributed by atoms with Crippen molar-refractivity contribution in [1.29, 1.82) is 0 Å². The maximum Gasteiger partial charge on any atom is 0.125 e. The number of benzene rings is 1. The molecule has 1 fully saturated rings. The van der Waals surface area contributed by atoms with Crippen molar-refractivity contribution >= 4 is 11.0 Å². The van der Waals surface area contributed by atoms with Gasteiger partial charge in [-0.1, -0.05) is 6.92 Å². The number of rotatable bonds is 2. The number of hydrogen-bond acceptors (Lipinski definition) is 2. The van der Waals surface area contributed by atoms with Crippen LogP contribution in [0.2, 0.25) is 0 Å². The molecule has 0 bridgehead atoms. The van der Waals surface area contributed by atoms with Gasteiger partial charge < -0.3 is 9.88 Å². The Labute approximate surface area is 119 Å². The van der Waals surface area contributed by atoms with Crippen LogP contribution in [0.4, 0.5) is 4.39 Å². The predicted octanol–water partition coefficient (Wildman–Crippen LogP) is 3.40. The SMILES string of the molecule is CC(C)n1c(C2(C)CCCNC2)nc2ccc(F)cc21. The Morgan fingerprint density at radius 2 is 2.20 bits per heavy atom. The van der Waals surface area contributed by atoms with Gasteiger partial charge in [-0.25, -0.2) is 9.37 Å². The van der Waals surface area contributed by atoms with Gasteiger partial charge >= 0.3 is 0 Å². The average Bonchev–Trinajstić information content (AvgIpc) is 2.79. The zero-order valence-corrected chi connectivity index (χ0v) is 12.4. The number of nitrogens with one attached hydrogen (secondary N) is 1. The lowest BCUT2D eigenvalue weighted by molar-refractivity contribution is 0.310. The van der Waals surface area contributed by atoms with Gasteiger partial charge in [-0.2, -0.15) is 0 Å².